The Labute approximate surface area is 201 Å². The van der Waals surface area contributed by atoms with Crippen LogP contribution in [0.5, 0.6) is 11.5 Å². The minimum atomic E-state index is -0.822. The van der Waals surface area contributed by atoms with E-state index in [0.29, 0.717) is 17.2 Å². The van der Waals surface area contributed by atoms with Gasteiger partial charge in [-0.05, 0) is 30.4 Å². The summed E-state index contributed by atoms with van der Waals surface area (Å²) in [6.07, 6.45) is 0.810. The standard InChI is InChI=1S/C21H22Br2N2O7/c1-30-9-3-4-13(31-2)12(5-9)24-14(26)8-32-15(27)7-25-20(28)16-10-6-11(17(16)21(25)29)19(23)18(10)22/h3-5,10-11,16-19H,6-8H2,1-2H3,(H,24,26)/t10-,11-,16-,17-,18+,19+/m1/s1. The highest BCUT2D eigenvalue weighted by Crippen LogP contribution is 2.60. The van der Waals surface area contributed by atoms with Gasteiger partial charge in [0.25, 0.3) is 5.91 Å². The normalized spacial score (nSPS) is 30.3. The van der Waals surface area contributed by atoms with E-state index < -0.39 is 36.9 Å². The summed E-state index contributed by atoms with van der Waals surface area (Å²) >= 11 is 7.24. The molecule has 1 heterocycles. The van der Waals surface area contributed by atoms with E-state index in [2.05, 4.69) is 37.2 Å². The van der Waals surface area contributed by atoms with Crippen molar-refractivity contribution in [3.63, 3.8) is 0 Å². The molecule has 3 fully saturated rings. The SMILES string of the molecule is COc1ccc(OC)c(NC(=O)COC(=O)CN2C(=O)[C@@H]3[C@H]4C[C@@H]([C@H](Br)[C@H]4Br)[C@H]3C2=O)c1. The van der Waals surface area contributed by atoms with Crippen molar-refractivity contribution in [2.24, 2.45) is 23.7 Å². The van der Waals surface area contributed by atoms with Gasteiger partial charge in [-0.15, -0.1) is 0 Å². The Balaban J connectivity index is 1.33. The molecule has 2 saturated carbocycles. The third-order valence-corrected chi connectivity index (χ3v) is 9.62. The summed E-state index contributed by atoms with van der Waals surface area (Å²) in [5.74, 6) is -1.83. The van der Waals surface area contributed by atoms with Crippen LogP contribution in [0.25, 0.3) is 0 Å². The zero-order chi connectivity index (χ0) is 23.2. The van der Waals surface area contributed by atoms with E-state index in [0.717, 1.165) is 11.3 Å². The third-order valence-electron chi connectivity index (χ3n) is 6.41. The first-order chi connectivity index (χ1) is 15.3. The van der Waals surface area contributed by atoms with E-state index >= 15 is 0 Å². The van der Waals surface area contributed by atoms with Gasteiger partial charge in [0.15, 0.2) is 6.61 Å². The third kappa shape index (κ3) is 3.89. The smallest absolute Gasteiger partial charge is 0.326 e. The van der Waals surface area contributed by atoms with Gasteiger partial charge in [-0.1, -0.05) is 31.9 Å². The number of likely N-dealkylation sites (tertiary alicyclic amines) is 1. The van der Waals surface area contributed by atoms with Crippen molar-refractivity contribution >= 4 is 61.2 Å². The Bertz CT molecular complexity index is 939. The Kier molecular flexibility index (Phi) is 6.49. The molecule has 1 aromatic rings. The minimum Gasteiger partial charge on any atom is -0.497 e. The first kappa shape index (κ1) is 23.0. The molecule has 2 bridgehead atoms. The number of fused-ring (bicyclic) bond motifs is 5. The number of esters is 1. The molecule has 1 aliphatic heterocycles. The number of nitrogens with zero attached hydrogens (tertiary/aromatic N) is 1. The van der Waals surface area contributed by atoms with Crippen LogP contribution in [0.1, 0.15) is 6.42 Å². The first-order valence-electron chi connectivity index (χ1n) is 10.1. The molecule has 6 atom stereocenters. The summed E-state index contributed by atoms with van der Waals surface area (Å²) in [5.41, 5.74) is 0.356. The number of halogens is 2. The summed E-state index contributed by atoms with van der Waals surface area (Å²) < 4.78 is 15.3. The van der Waals surface area contributed by atoms with E-state index in [9.17, 15) is 19.2 Å². The number of carbonyl (C=O) groups is 4. The molecule has 0 aromatic heterocycles. The molecule has 11 heteroatoms. The Hall–Kier alpha value is -2.14. The van der Waals surface area contributed by atoms with Crippen LogP contribution in [0.15, 0.2) is 18.2 Å². The van der Waals surface area contributed by atoms with Crippen molar-refractivity contribution in [2.45, 2.75) is 16.1 Å². The van der Waals surface area contributed by atoms with E-state index in [1.807, 2.05) is 0 Å². The number of ether oxygens (including phenoxy) is 3. The Morgan fingerprint density at radius 1 is 1.06 bits per heavy atom. The Morgan fingerprint density at radius 2 is 1.69 bits per heavy atom. The van der Waals surface area contributed by atoms with Crippen LogP contribution in [0.2, 0.25) is 0 Å². The van der Waals surface area contributed by atoms with Crippen LogP contribution in [-0.4, -0.2) is 65.6 Å². The maximum atomic E-state index is 12.8. The topological polar surface area (TPSA) is 111 Å². The molecular formula is C21H22Br2N2O7. The van der Waals surface area contributed by atoms with Crippen molar-refractivity contribution in [3.05, 3.63) is 18.2 Å². The van der Waals surface area contributed by atoms with Gasteiger partial charge in [0.1, 0.15) is 18.0 Å². The van der Waals surface area contributed by atoms with E-state index in [4.69, 9.17) is 14.2 Å². The zero-order valence-corrected chi connectivity index (χ0v) is 20.6. The first-order valence-corrected chi connectivity index (χ1v) is 11.9. The largest absolute Gasteiger partial charge is 0.497 e. The fourth-order valence-corrected chi connectivity index (χ4v) is 6.86. The number of hydrogen-bond acceptors (Lipinski definition) is 7. The lowest BCUT2D eigenvalue weighted by Gasteiger charge is -2.28. The fourth-order valence-electron chi connectivity index (χ4n) is 4.99. The predicted molar refractivity (Wildman–Crippen MR) is 120 cm³/mol. The molecule has 0 unspecified atom stereocenters. The molecule has 3 amide bonds. The molecule has 1 saturated heterocycles. The van der Waals surface area contributed by atoms with Crippen molar-refractivity contribution in [2.75, 3.05) is 32.7 Å². The van der Waals surface area contributed by atoms with Crippen molar-refractivity contribution < 1.29 is 33.4 Å². The number of nitrogens with one attached hydrogen (secondary N) is 1. The molecule has 9 nitrogen and oxygen atoms in total. The monoisotopic (exact) mass is 572 g/mol. The van der Waals surface area contributed by atoms with E-state index in [1.165, 1.54) is 14.2 Å². The van der Waals surface area contributed by atoms with Gasteiger partial charge in [0, 0.05) is 15.7 Å². The lowest BCUT2D eigenvalue weighted by atomic mass is 9.81. The lowest BCUT2D eigenvalue weighted by molar-refractivity contribution is -0.154. The second-order valence-corrected chi connectivity index (χ2v) is 10.2. The second-order valence-electron chi connectivity index (χ2n) is 8.04. The number of amides is 3. The molecule has 3 aliphatic rings. The number of benzene rings is 1. The molecule has 4 rings (SSSR count). The van der Waals surface area contributed by atoms with Crippen LogP contribution < -0.4 is 14.8 Å². The van der Waals surface area contributed by atoms with Gasteiger partial charge < -0.3 is 19.5 Å². The van der Waals surface area contributed by atoms with Crippen LogP contribution >= 0.6 is 31.9 Å². The maximum Gasteiger partial charge on any atom is 0.326 e. The highest BCUT2D eigenvalue weighted by molar-refractivity contribution is 9.12. The van der Waals surface area contributed by atoms with Gasteiger partial charge in [-0.2, -0.15) is 0 Å². The lowest BCUT2D eigenvalue weighted by Crippen LogP contribution is -2.38. The number of methoxy groups -OCH3 is 2. The van der Waals surface area contributed by atoms with Gasteiger partial charge in [0.05, 0.1) is 31.7 Å². The summed E-state index contributed by atoms with van der Waals surface area (Å²) in [6, 6.07) is 4.88. The van der Waals surface area contributed by atoms with Crippen molar-refractivity contribution in [1.29, 1.82) is 0 Å². The highest BCUT2D eigenvalue weighted by Gasteiger charge is 2.66. The number of imide groups is 1. The van der Waals surface area contributed by atoms with E-state index in [1.54, 1.807) is 18.2 Å². The number of hydrogen-bond donors (Lipinski definition) is 1. The fraction of sp³-hybridized carbons (Fsp3) is 0.524. The van der Waals surface area contributed by atoms with Crippen LogP contribution in [0, 0.1) is 23.7 Å². The molecule has 32 heavy (non-hydrogen) atoms. The van der Waals surface area contributed by atoms with Crippen molar-refractivity contribution in [1.82, 2.24) is 4.90 Å². The summed E-state index contributed by atoms with van der Waals surface area (Å²) in [6.45, 7) is -1.07. The molecule has 1 N–H and O–H groups in total. The molecule has 0 radical (unpaired) electrons. The molecule has 172 valence electrons. The molecular weight excluding hydrogens is 552 g/mol. The van der Waals surface area contributed by atoms with E-state index in [-0.39, 0.29) is 33.3 Å². The maximum absolute atomic E-state index is 12.8. The average molecular weight is 574 g/mol. The number of rotatable bonds is 7. The number of carbonyl (C=O) groups excluding carboxylic acids is 4. The van der Waals surface area contributed by atoms with Gasteiger partial charge in [-0.3, -0.25) is 24.1 Å². The second kappa shape index (κ2) is 9.01. The predicted octanol–water partition coefficient (Wildman–Crippen LogP) is 1.96. The Morgan fingerprint density at radius 3 is 2.25 bits per heavy atom. The highest BCUT2D eigenvalue weighted by atomic mass is 79.9. The van der Waals surface area contributed by atoms with Gasteiger partial charge in [-0.25, -0.2) is 0 Å². The molecule has 1 aromatic carbocycles. The van der Waals surface area contributed by atoms with Gasteiger partial charge in [0.2, 0.25) is 11.8 Å². The minimum absolute atomic E-state index is 0.0652. The van der Waals surface area contributed by atoms with Crippen molar-refractivity contribution in [3.8, 4) is 11.5 Å². The zero-order valence-electron chi connectivity index (χ0n) is 17.4. The number of anilines is 1. The average Bonchev–Trinajstić information content (AvgIpc) is 3.38. The molecule has 2 aliphatic carbocycles. The van der Waals surface area contributed by atoms with Gasteiger partial charge >= 0.3 is 5.97 Å². The van der Waals surface area contributed by atoms with Crippen LogP contribution in [-0.2, 0) is 23.9 Å². The number of alkyl halides is 2. The quantitative estimate of drug-likeness (QED) is 0.301. The summed E-state index contributed by atoms with van der Waals surface area (Å²) in [5, 5.41) is 2.59. The molecule has 0 spiro atoms. The summed E-state index contributed by atoms with van der Waals surface area (Å²) in [7, 11) is 2.95. The van der Waals surface area contributed by atoms with Crippen LogP contribution in [0.4, 0.5) is 5.69 Å². The summed E-state index contributed by atoms with van der Waals surface area (Å²) in [4.78, 5) is 51.4. The van der Waals surface area contributed by atoms with Crippen LogP contribution in [0.3, 0.4) is 0 Å².